The molecule has 6 unspecified atom stereocenters. The molecule has 0 aromatic heterocycles. The van der Waals surface area contributed by atoms with Gasteiger partial charge in [0.25, 0.3) is 0 Å². The van der Waals surface area contributed by atoms with Crippen molar-refractivity contribution in [2.45, 2.75) is 211 Å². The Morgan fingerprint density at radius 2 is 0.892 bits per heavy atom. The maximum atomic E-state index is 12.8. The van der Waals surface area contributed by atoms with Crippen molar-refractivity contribution in [3.05, 3.63) is 85.1 Å². The fourth-order valence-electron chi connectivity index (χ4n) is 6.82. The molecule has 0 bridgehead atoms. The molecule has 0 radical (unpaired) electrons. The molecule has 1 fully saturated rings. The summed E-state index contributed by atoms with van der Waals surface area (Å²) in [4.78, 5) is 35.7. The van der Waals surface area contributed by atoms with Gasteiger partial charge in [0.2, 0.25) is 0 Å². The van der Waals surface area contributed by atoms with Gasteiger partial charge < -0.3 is 39.9 Å². The minimum atomic E-state index is -5.14. The van der Waals surface area contributed by atoms with E-state index in [2.05, 4.69) is 86.8 Å². The number of hydrogen-bond donors (Lipinski definition) is 6. The highest BCUT2D eigenvalue weighted by molar-refractivity contribution is 7.47. The van der Waals surface area contributed by atoms with E-state index in [4.69, 9.17) is 18.5 Å². The third kappa shape index (κ3) is 32.4. The van der Waals surface area contributed by atoms with Crippen LogP contribution in [0.15, 0.2) is 85.1 Å². The van der Waals surface area contributed by atoms with E-state index in [1.54, 1.807) is 0 Å². The maximum absolute atomic E-state index is 12.8. The summed E-state index contributed by atoms with van der Waals surface area (Å²) >= 11 is 0. The van der Waals surface area contributed by atoms with Crippen molar-refractivity contribution < 1.29 is 63.1 Å². The molecule has 0 heterocycles. The first-order valence-corrected chi connectivity index (χ1v) is 25.9. The second-order valence-corrected chi connectivity index (χ2v) is 18.0. The summed E-state index contributed by atoms with van der Waals surface area (Å²) in [6.07, 6.45) is 39.3. The molecular weight excluding hydrogens is 852 g/mol. The first-order chi connectivity index (χ1) is 31.4. The summed E-state index contributed by atoms with van der Waals surface area (Å²) in [5, 5.41) is 50.2. The molecule has 1 aliphatic carbocycles. The molecule has 6 N–H and O–H groups in total. The standard InChI is InChI=1S/C51H85O13P/c1-3-5-7-9-11-13-15-17-19-20-21-22-23-24-26-27-29-31-33-35-37-39-44(52)61-41-43(42-62-65(59,60)64-51-49(57)47(55)46(54)48(56)50(51)58)63-45(53)40-38-36-34-32-30-28-25-18-16-14-12-10-8-6-4-2/h6,8,12,14,18-20,22-23,25-27,31,33,43,46-51,54-58H,3-5,7,9-11,13,15-17,21,24,28-30,32,34-42H2,1-2H3,(H,59,60)/b8-6+,14-12+,20-19+,23-22+,25-18+,27-26+,33-31+/t43-,46?,47-,48?,49?,50?,51?/m0/s1. The number of aliphatic hydroxyl groups is 5. The molecular formula is C51H85O13P. The van der Waals surface area contributed by atoms with Gasteiger partial charge in [-0.25, -0.2) is 4.57 Å². The SMILES string of the molecule is CC/C=C/C/C=C/C/C=C/CCCCCCCC(=O)O[C@@H](COC(=O)CCC/C=C/C/C=C/C/C=C/C/C=C/CCCCCCCCC)COP(=O)(O)OC1C(O)C(O)C(O)[C@H](O)C1O. The second kappa shape index (κ2) is 40.1. The normalized spacial score (nSPS) is 22.2. The fraction of sp³-hybridized carbons (Fsp3) is 0.686. The number of carbonyl (C=O) groups is 2. The lowest BCUT2D eigenvalue weighted by Gasteiger charge is -2.41. The molecule has 1 aliphatic rings. The number of phosphoric acid groups is 1. The third-order valence-corrected chi connectivity index (χ3v) is 11.7. The Morgan fingerprint density at radius 1 is 0.492 bits per heavy atom. The maximum Gasteiger partial charge on any atom is 0.472 e. The lowest BCUT2D eigenvalue weighted by molar-refractivity contribution is -0.220. The highest BCUT2D eigenvalue weighted by atomic mass is 31.2. The Morgan fingerprint density at radius 3 is 1.38 bits per heavy atom. The van der Waals surface area contributed by atoms with Crippen LogP contribution < -0.4 is 0 Å². The smallest absolute Gasteiger partial charge is 0.462 e. The highest BCUT2D eigenvalue weighted by Gasteiger charge is 2.51. The summed E-state index contributed by atoms with van der Waals surface area (Å²) in [7, 11) is -5.14. The topological polar surface area (TPSA) is 210 Å². The number of rotatable bonds is 39. The van der Waals surface area contributed by atoms with Gasteiger partial charge in [-0.2, -0.15) is 0 Å². The van der Waals surface area contributed by atoms with Gasteiger partial charge in [0.05, 0.1) is 6.61 Å². The molecule has 0 spiro atoms. The van der Waals surface area contributed by atoms with E-state index in [0.717, 1.165) is 77.0 Å². The lowest BCUT2D eigenvalue weighted by Crippen LogP contribution is -2.64. The van der Waals surface area contributed by atoms with Gasteiger partial charge in [-0.15, -0.1) is 0 Å². The molecule has 13 nitrogen and oxygen atoms in total. The van der Waals surface area contributed by atoms with E-state index in [-0.39, 0.29) is 12.8 Å². The number of ether oxygens (including phenoxy) is 2. The van der Waals surface area contributed by atoms with Crippen molar-refractivity contribution in [3.63, 3.8) is 0 Å². The van der Waals surface area contributed by atoms with Gasteiger partial charge >= 0.3 is 19.8 Å². The van der Waals surface area contributed by atoms with Crippen molar-refractivity contribution in [2.75, 3.05) is 13.2 Å². The number of unbranched alkanes of at least 4 members (excludes halogenated alkanes) is 13. The van der Waals surface area contributed by atoms with E-state index >= 15 is 0 Å². The fourth-order valence-corrected chi connectivity index (χ4v) is 7.80. The van der Waals surface area contributed by atoms with Crippen LogP contribution in [0.1, 0.15) is 168 Å². The Kier molecular flexibility index (Phi) is 37.1. The van der Waals surface area contributed by atoms with Crippen LogP contribution in [0.4, 0.5) is 0 Å². The van der Waals surface area contributed by atoms with Crippen LogP contribution in [-0.2, 0) is 32.7 Å². The minimum Gasteiger partial charge on any atom is -0.462 e. The molecule has 0 aromatic rings. The zero-order chi connectivity index (χ0) is 47.8. The van der Waals surface area contributed by atoms with E-state index in [1.165, 1.54) is 44.9 Å². The van der Waals surface area contributed by atoms with Crippen molar-refractivity contribution in [1.29, 1.82) is 0 Å². The van der Waals surface area contributed by atoms with Gasteiger partial charge in [0.1, 0.15) is 43.2 Å². The number of aliphatic hydroxyl groups excluding tert-OH is 5. The van der Waals surface area contributed by atoms with Crippen LogP contribution in [0.3, 0.4) is 0 Å². The molecule has 1 saturated carbocycles. The highest BCUT2D eigenvalue weighted by Crippen LogP contribution is 2.47. The number of hydrogen-bond acceptors (Lipinski definition) is 12. The zero-order valence-corrected chi connectivity index (χ0v) is 40.4. The number of phosphoric ester groups is 1. The van der Waals surface area contributed by atoms with Crippen molar-refractivity contribution in [1.82, 2.24) is 0 Å². The molecule has 8 atom stereocenters. The van der Waals surface area contributed by atoms with Crippen molar-refractivity contribution in [3.8, 4) is 0 Å². The summed E-state index contributed by atoms with van der Waals surface area (Å²) in [5.41, 5.74) is 0. The predicted octanol–water partition coefficient (Wildman–Crippen LogP) is 10.1. The molecule has 0 amide bonds. The largest absolute Gasteiger partial charge is 0.472 e. The first kappa shape index (κ1) is 60.0. The van der Waals surface area contributed by atoms with Crippen LogP contribution in [0.25, 0.3) is 0 Å². The molecule has 0 aromatic carbocycles. The molecule has 0 aliphatic heterocycles. The quantitative estimate of drug-likeness (QED) is 0.0147. The monoisotopic (exact) mass is 937 g/mol. The van der Waals surface area contributed by atoms with E-state index in [1.807, 2.05) is 12.2 Å². The van der Waals surface area contributed by atoms with Gasteiger partial charge in [-0.3, -0.25) is 18.6 Å². The van der Waals surface area contributed by atoms with Gasteiger partial charge in [-0.1, -0.05) is 157 Å². The summed E-state index contributed by atoms with van der Waals surface area (Å²) in [5.74, 6) is -1.19. The van der Waals surface area contributed by atoms with Crippen molar-refractivity contribution >= 4 is 19.8 Å². The van der Waals surface area contributed by atoms with Crippen LogP contribution >= 0.6 is 7.82 Å². The Labute approximate surface area is 390 Å². The molecule has 65 heavy (non-hydrogen) atoms. The van der Waals surface area contributed by atoms with Gasteiger partial charge in [0, 0.05) is 12.8 Å². The average Bonchev–Trinajstić information content (AvgIpc) is 3.29. The summed E-state index contributed by atoms with van der Waals surface area (Å²) in [6.45, 7) is 3.12. The third-order valence-electron chi connectivity index (χ3n) is 10.7. The molecule has 0 saturated heterocycles. The van der Waals surface area contributed by atoms with Crippen LogP contribution in [-0.4, -0.2) is 98.3 Å². The van der Waals surface area contributed by atoms with E-state index in [9.17, 15) is 44.6 Å². The van der Waals surface area contributed by atoms with Crippen LogP contribution in [0.5, 0.6) is 0 Å². The average molecular weight is 937 g/mol. The Hall–Kier alpha value is -2.97. The molecule has 14 heteroatoms. The van der Waals surface area contributed by atoms with Crippen LogP contribution in [0.2, 0.25) is 0 Å². The predicted molar refractivity (Wildman–Crippen MR) is 258 cm³/mol. The first-order valence-electron chi connectivity index (χ1n) is 24.4. The van der Waals surface area contributed by atoms with E-state index < -0.39 is 75.7 Å². The zero-order valence-electron chi connectivity index (χ0n) is 39.5. The van der Waals surface area contributed by atoms with E-state index in [0.29, 0.717) is 19.3 Å². The Bertz CT molecular complexity index is 1460. The molecule has 372 valence electrons. The lowest BCUT2D eigenvalue weighted by atomic mass is 9.85. The second-order valence-electron chi connectivity index (χ2n) is 16.6. The van der Waals surface area contributed by atoms with Gasteiger partial charge in [0.15, 0.2) is 6.10 Å². The number of esters is 2. The minimum absolute atomic E-state index is 0.0608. The van der Waals surface area contributed by atoms with Crippen molar-refractivity contribution in [2.24, 2.45) is 0 Å². The summed E-state index contributed by atoms with van der Waals surface area (Å²) < 4.78 is 33.5. The number of allylic oxidation sites excluding steroid dienone is 14. The summed E-state index contributed by atoms with van der Waals surface area (Å²) in [6, 6.07) is 0. The van der Waals surface area contributed by atoms with Gasteiger partial charge in [-0.05, 0) is 83.5 Å². The van der Waals surface area contributed by atoms with Crippen LogP contribution in [0, 0.1) is 0 Å². The molecule has 1 rings (SSSR count). The Balaban J connectivity index is 2.48. The number of carbonyl (C=O) groups excluding carboxylic acids is 2.